The van der Waals surface area contributed by atoms with Crippen LogP contribution < -0.4 is 0 Å². The highest BCUT2D eigenvalue weighted by Crippen LogP contribution is 2.25. The molecule has 0 aromatic heterocycles. The van der Waals surface area contributed by atoms with Gasteiger partial charge in [-0.15, -0.1) is 0 Å². The van der Waals surface area contributed by atoms with Gasteiger partial charge < -0.3 is 0 Å². The van der Waals surface area contributed by atoms with Crippen LogP contribution in [-0.2, 0) is 6.42 Å². The Morgan fingerprint density at radius 2 is 1.36 bits per heavy atom. The largest absolute Gasteiger partial charge is 0.298 e. The van der Waals surface area contributed by atoms with Crippen molar-refractivity contribution in [3.63, 3.8) is 0 Å². The van der Waals surface area contributed by atoms with Crippen LogP contribution in [0.15, 0.2) is 0 Å². The van der Waals surface area contributed by atoms with Crippen LogP contribution >= 0.6 is 0 Å². The molecule has 0 aliphatic carbocycles. The quantitative estimate of drug-likeness (QED) is 0.654. The molecule has 1 nitrogen and oxygen atoms in total. The minimum absolute atomic E-state index is 0.872. The molecular weight excluding hydrogens is 172 g/mol. The Labute approximate surface area is 86.1 Å². The fourth-order valence-corrected chi connectivity index (χ4v) is 2.13. The van der Waals surface area contributed by atoms with Crippen molar-refractivity contribution in [3.05, 3.63) is 33.4 Å². The molecule has 14 heavy (non-hydrogen) atoms. The Morgan fingerprint density at radius 3 is 1.64 bits per heavy atom. The molecule has 1 rings (SSSR count). The SMILES string of the molecule is CCc1c(C)c(C)c(C=O)c(C)c1C. The number of carbonyl (C=O) groups excluding carboxylic acids is 1. The summed E-state index contributed by atoms with van der Waals surface area (Å²) in [5.74, 6) is 0. The highest BCUT2D eigenvalue weighted by atomic mass is 16.1. The third-order valence-electron chi connectivity index (χ3n) is 3.31. The molecule has 0 N–H and O–H groups in total. The van der Waals surface area contributed by atoms with E-state index >= 15 is 0 Å². The van der Waals surface area contributed by atoms with Gasteiger partial charge in [0.1, 0.15) is 0 Å². The first kappa shape index (κ1) is 11.0. The first-order chi connectivity index (χ1) is 6.54. The Bertz CT molecular complexity index is 346. The monoisotopic (exact) mass is 190 g/mol. The second-order valence-electron chi connectivity index (χ2n) is 3.86. The lowest BCUT2D eigenvalue weighted by Crippen LogP contribution is -2.03. The smallest absolute Gasteiger partial charge is 0.150 e. The molecule has 0 radical (unpaired) electrons. The van der Waals surface area contributed by atoms with Gasteiger partial charge in [0.15, 0.2) is 6.29 Å². The van der Waals surface area contributed by atoms with E-state index in [1.165, 1.54) is 16.7 Å². The molecule has 0 heterocycles. The molecule has 0 amide bonds. The molecule has 0 fully saturated rings. The van der Waals surface area contributed by atoms with E-state index in [1.807, 2.05) is 13.8 Å². The van der Waals surface area contributed by atoms with Gasteiger partial charge in [0, 0.05) is 5.56 Å². The van der Waals surface area contributed by atoms with E-state index in [-0.39, 0.29) is 0 Å². The predicted molar refractivity (Wildman–Crippen MR) is 60.2 cm³/mol. The number of hydrogen-bond acceptors (Lipinski definition) is 1. The standard InChI is InChI=1S/C13H18O/c1-6-12-8(2)10(4)13(7-14)11(5)9(12)3/h7H,6H2,1-5H3. The Morgan fingerprint density at radius 1 is 0.929 bits per heavy atom. The van der Waals surface area contributed by atoms with Crippen LogP contribution in [0.5, 0.6) is 0 Å². The van der Waals surface area contributed by atoms with Crippen LogP contribution in [-0.4, -0.2) is 6.29 Å². The molecule has 0 unspecified atom stereocenters. The number of carbonyl (C=O) groups is 1. The van der Waals surface area contributed by atoms with Gasteiger partial charge in [0.05, 0.1) is 0 Å². The van der Waals surface area contributed by atoms with Crippen molar-refractivity contribution in [2.75, 3.05) is 0 Å². The van der Waals surface area contributed by atoms with E-state index in [1.54, 1.807) is 0 Å². The summed E-state index contributed by atoms with van der Waals surface area (Å²) in [5.41, 5.74) is 7.10. The van der Waals surface area contributed by atoms with Crippen LogP contribution in [0.1, 0.15) is 45.1 Å². The second kappa shape index (κ2) is 3.95. The number of aldehydes is 1. The van der Waals surface area contributed by atoms with E-state index in [9.17, 15) is 4.79 Å². The molecule has 0 spiro atoms. The minimum Gasteiger partial charge on any atom is -0.298 e. The summed E-state index contributed by atoms with van der Waals surface area (Å²) in [4.78, 5) is 11.0. The van der Waals surface area contributed by atoms with E-state index in [2.05, 4.69) is 20.8 Å². The van der Waals surface area contributed by atoms with Gasteiger partial charge >= 0.3 is 0 Å². The van der Waals surface area contributed by atoms with Crippen LogP contribution in [0.25, 0.3) is 0 Å². The van der Waals surface area contributed by atoms with Crippen molar-refractivity contribution in [1.82, 2.24) is 0 Å². The van der Waals surface area contributed by atoms with Crippen molar-refractivity contribution in [2.24, 2.45) is 0 Å². The van der Waals surface area contributed by atoms with Gasteiger partial charge in [-0.1, -0.05) is 6.92 Å². The van der Waals surface area contributed by atoms with Crippen LogP contribution in [0, 0.1) is 27.7 Å². The van der Waals surface area contributed by atoms with Crippen molar-refractivity contribution in [1.29, 1.82) is 0 Å². The summed E-state index contributed by atoms with van der Waals surface area (Å²) in [7, 11) is 0. The van der Waals surface area contributed by atoms with Crippen LogP contribution in [0.3, 0.4) is 0 Å². The topological polar surface area (TPSA) is 17.1 Å². The third kappa shape index (κ3) is 1.47. The predicted octanol–water partition coefficient (Wildman–Crippen LogP) is 3.30. The van der Waals surface area contributed by atoms with E-state index in [0.29, 0.717) is 0 Å². The molecule has 76 valence electrons. The molecule has 1 aromatic rings. The highest BCUT2D eigenvalue weighted by Gasteiger charge is 2.12. The highest BCUT2D eigenvalue weighted by molar-refractivity contribution is 5.81. The Kier molecular flexibility index (Phi) is 3.10. The zero-order valence-corrected chi connectivity index (χ0v) is 9.69. The van der Waals surface area contributed by atoms with Gasteiger partial charge in [0.25, 0.3) is 0 Å². The van der Waals surface area contributed by atoms with Crippen LogP contribution in [0.4, 0.5) is 0 Å². The first-order valence-corrected chi connectivity index (χ1v) is 5.09. The lowest BCUT2D eigenvalue weighted by atomic mass is 9.88. The molecule has 0 atom stereocenters. The van der Waals surface area contributed by atoms with E-state index in [0.717, 1.165) is 29.4 Å². The van der Waals surface area contributed by atoms with E-state index < -0.39 is 0 Å². The second-order valence-corrected chi connectivity index (χ2v) is 3.86. The molecular formula is C13H18O. The zero-order valence-electron chi connectivity index (χ0n) is 9.69. The Hall–Kier alpha value is -1.11. The zero-order chi connectivity index (χ0) is 10.9. The summed E-state index contributed by atoms with van der Waals surface area (Å²) in [6.07, 6.45) is 2.02. The maximum atomic E-state index is 11.0. The summed E-state index contributed by atoms with van der Waals surface area (Å²) >= 11 is 0. The fraction of sp³-hybridized carbons (Fsp3) is 0.462. The van der Waals surface area contributed by atoms with Crippen molar-refractivity contribution >= 4 is 6.29 Å². The lowest BCUT2D eigenvalue weighted by molar-refractivity contribution is 0.112. The number of benzene rings is 1. The third-order valence-corrected chi connectivity index (χ3v) is 3.31. The summed E-state index contributed by atoms with van der Waals surface area (Å²) < 4.78 is 0. The average molecular weight is 190 g/mol. The van der Waals surface area contributed by atoms with Gasteiger partial charge in [-0.05, 0) is 61.9 Å². The normalized spacial score (nSPS) is 10.4. The van der Waals surface area contributed by atoms with Gasteiger partial charge in [-0.3, -0.25) is 4.79 Å². The summed E-state index contributed by atoms with van der Waals surface area (Å²) in [6.45, 7) is 10.4. The Balaban J connectivity index is 3.63. The lowest BCUT2D eigenvalue weighted by Gasteiger charge is -2.16. The maximum Gasteiger partial charge on any atom is 0.150 e. The van der Waals surface area contributed by atoms with Crippen LogP contribution in [0.2, 0.25) is 0 Å². The van der Waals surface area contributed by atoms with E-state index in [4.69, 9.17) is 0 Å². The summed E-state index contributed by atoms with van der Waals surface area (Å²) in [5, 5.41) is 0. The fourth-order valence-electron chi connectivity index (χ4n) is 2.13. The molecule has 0 aliphatic rings. The molecule has 1 aromatic carbocycles. The maximum absolute atomic E-state index is 11.0. The molecule has 0 saturated heterocycles. The molecule has 1 heteroatoms. The van der Waals surface area contributed by atoms with Gasteiger partial charge in [-0.2, -0.15) is 0 Å². The first-order valence-electron chi connectivity index (χ1n) is 5.09. The van der Waals surface area contributed by atoms with Gasteiger partial charge in [0.2, 0.25) is 0 Å². The van der Waals surface area contributed by atoms with Crippen molar-refractivity contribution < 1.29 is 4.79 Å². The number of hydrogen-bond donors (Lipinski definition) is 0. The molecule has 0 saturated carbocycles. The number of rotatable bonds is 2. The average Bonchev–Trinajstić information content (AvgIpc) is 2.17. The minimum atomic E-state index is 0.872. The van der Waals surface area contributed by atoms with Crippen molar-refractivity contribution in [3.8, 4) is 0 Å². The molecule has 0 aliphatic heterocycles. The summed E-state index contributed by atoms with van der Waals surface area (Å²) in [6, 6.07) is 0. The molecule has 0 bridgehead atoms. The van der Waals surface area contributed by atoms with Gasteiger partial charge in [-0.25, -0.2) is 0 Å². The van der Waals surface area contributed by atoms with Crippen molar-refractivity contribution in [2.45, 2.75) is 41.0 Å².